The number of hydrogen-bond acceptors (Lipinski definition) is 6. The SMILES string of the molecule is CC(C)(C)N1/C(=C2/C=CC=CC2=O)N/C(=C2/C=CC=CC2=O)N1c1ccc(C(=O)O)cc1. The third-order valence-corrected chi connectivity index (χ3v) is 5.14. The van der Waals surface area contributed by atoms with Gasteiger partial charge in [0, 0.05) is 0 Å². The average molecular weight is 429 g/mol. The number of hydrogen-bond donors (Lipinski definition) is 2. The van der Waals surface area contributed by atoms with E-state index in [-0.39, 0.29) is 17.1 Å². The Bertz CT molecular complexity index is 1190. The third-order valence-electron chi connectivity index (χ3n) is 5.14. The summed E-state index contributed by atoms with van der Waals surface area (Å²) in [4.78, 5) is 36.8. The summed E-state index contributed by atoms with van der Waals surface area (Å²) in [6.45, 7) is 5.98. The number of allylic oxidation sites excluding steroid dienone is 10. The number of hydrazine groups is 1. The topological polar surface area (TPSA) is 90.0 Å². The van der Waals surface area contributed by atoms with Gasteiger partial charge in [-0.05, 0) is 69.3 Å². The highest BCUT2D eigenvalue weighted by Crippen LogP contribution is 2.38. The van der Waals surface area contributed by atoms with E-state index >= 15 is 0 Å². The predicted molar refractivity (Wildman–Crippen MR) is 121 cm³/mol. The quantitative estimate of drug-likeness (QED) is 0.694. The van der Waals surface area contributed by atoms with E-state index < -0.39 is 11.5 Å². The van der Waals surface area contributed by atoms with Gasteiger partial charge in [0.15, 0.2) is 11.6 Å². The summed E-state index contributed by atoms with van der Waals surface area (Å²) < 4.78 is 0. The van der Waals surface area contributed by atoms with Crippen molar-refractivity contribution < 1.29 is 19.5 Å². The molecule has 3 aliphatic rings. The zero-order valence-electron chi connectivity index (χ0n) is 18.0. The number of nitrogens with zero attached hydrogens (tertiary/aromatic N) is 2. The van der Waals surface area contributed by atoms with Gasteiger partial charge in [0.25, 0.3) is 0 Å². The molecule has 0 spiro atoms. The van der Waals surface area contributed by atoms with Gasteiger partial charge in [0.2, 0.25) is 0 Å². The standard InChI is InChI=1S/C25H23N3O4/c1-25(2,3)28-23(19-9-5-7-11-21(19)30)26-22(18-8-4-6-10-20(18)29)27(28)17-14-12-16(13-15-17)24(31)32/h4-15,26H,1-3H3,(H,31,32)/b22-18+,23-19-. The van der Waals surface area contributed by atoms with Gasteiger partial charge in [-0.1, -0.05) is 24.3 Å². The Morgan fingerprint density at radius 3 is 1.78 bits per heavy atom. The number of carboxylic acids is 1. The number of aromatic carboxylic acids is 1. The molecule has 0 amide bonds. The molecule has 0 atom stereocenters. The molecule has 1 aromatic rings. The number of carbonyl (C=O) groups is 3. The Balaban J connectivity index is 1.97. The van der Waals surface area contributed by atoms with Crippen LogP contribution in [0.1, 0.15) is 31.1 Å². The van der Waals surface area contributed by atoms with Gasteiger partial charge >= 0.3 is 5.97 Å². The van der Waals surface area contributed by atoms with E-state index in [1.165, 1.54) is 24.3 Å². The van der Waals surface area contributed by atoms with Crippen molar-refractivity contribution in [2.75, 3.05) is 5.01 Å². The third kappa shape index (κ3) is 3.69. The number of rotatable bonds is 2. The Labute approximate surface area is 186 Å². The molecule has 0 bridgehead atoms. The Kier molecular flexibility index (Phi) is 5.18. The highest BCUT2D eigenvalue weighted by atomic mass is 16.4. The molecule has 0 radical (unpaired) electrons. The van der Waals surface area contributed by atoms with Crippen molar-refractivity contribution in [1.82, 2.24) is 10.3 Å². The van der Waals surface area contributed by atoms with Crippen LogP contribution in [-0.2, 0) is 9.59 Å². The van der Waals surface area contributed by atoms with Crippen molar-refractivity contribution >= 4 is 23.2 Å². The minimum atomic E-state index is -1.02. The summed E-state index contributed by atoms with van der Waals surface area (Å²) in [5, 5.41) is 16.3. The van der Waals surface area contributed by atoms with Crippen molar-refractivity contribution in [3.63, 3.8) is 0 Å². The molecule has 1 aromatic carbocycles. The molecule has 2 N–H and O–H groups in total. The van der Waals surface area contributed by atoms with E-state index in [0.29, 0.717) is 28.5 Å². The van der Waals surface area contributed by atoms with Crippen LogP contribution in [-0.4, -0.2) is 33.2 Å². The second-order valence-electron chi connectivity index (χ2n) is 8.46. The molecule has 32 heavy (non-hydrogen) atoms. The molecule has 0 saturated carbocycles. The summed E-state index contributed by atoms with van der Waals surface area (Å²) >= 11 is 0. The van der Waals surface area contributed by atoms with E-state index in [1.807, 2.05) is 30.8 Å². The maximum atomic E-state index is 12.7. The van der Waals surface area contributed by atoms with Gasteiger partial charge in [-0.3, -0.25) is 14.6 Å². The number of carboxylic acid groups (broad SMARTS) is 1. The molecule has 0 unspecified atom stereocenters. The maximum Gasteiger partial charge on any atom is 0.335 e. The van der Waals surface area contributed by atoms with Crippen LogP contribution in [0.2, 0.25) is 0 Å². The molecular weight excluding hydrogens is 406 g/mol. The number of benzene rings is 1. The average Bonchev–Trinajstić information content (AvgIpc) is 3.15. The number of carbonyl (C=O) groups excluding carboxylic acids is 2. The predicted octanol–water partition coefficient (Wildman–Crippen LogP) is 3.62. The monoisotopic (exact) mass is 429 g/mol. The molecule has 1 heterocycles. The lowest BCUT2D eigenvalue weighted by atomic mass is 10.0. The van der Waals surface area contributed by atoms with E-state index in [1.54, 1.807) is 48.6 Å². The van der Waals surface area contributed by atoms with Crippen LogP contribution in [0, 0.1) is 0 Å². The lowest BCUT2D eigenvalue weighted by molar-refractivity contribution is -0.112. The number of ketones is 2. The second-order valence-corrected chi connectivity index (χ2v) is 8.46. The second kappa shape index (κ2) is 7.85. The minimum Gasteiger partial charge on any atom is -0.478 e. The van der Waals surface area contributed by atoms with Gasteiger partial charge in [0.05, 0.1) is 27.9 Å². The lowest BCUT2D eigenvalue weighted by Crippen LogP contribution is -2.48. The zero-order valence-corrected chi connectivity index (χ0v) is 18.0. The van der Waals surface area contributed by atoms with Crippen LogP contribution >= 0.6 is 0 Å². The molecule has 162 valence electrons. The molecule has 7 nitrogen and oxygen atoms in total. The number of nitrogens with one attached hydrogen (secondary N) is 1. The molecule has 2 aliphatic carbocycles. The van der Waals surface area contributed by atoms with Gasteiger partial charge < -0.3 is 10.4 Å². The normalized spacial score (nSPS) is 22.7. The van der Waals surface area contributed by atoms with Crippen molar-refractivity contribution in [3.05, 3.63) is 101 Å². The molecule has 1 aliphatic heterocycles. The lowest BCUT2D eigenvalue weighted by Gasteiger charge is -2.41. The van der Waals surface area contributed by atoms with Gasteiger partial charge in [-0.15, -0.1) is 0 Å². The largest absolute Gasteiger partial charge is 0.478 e. The summed E-state index contributed by atoms with van der Waals surface area (Å²) in [5.74, 6) is -0.310. The molecule has 0 aromatic heterocycles. The molecule has 7 heteroatoms. The van der Waals surface area contributed by atoms with E-state index in [9.17, 15) is 19.5 Å². The highest BCUT2D eigenvalue weighted by Gasteiger charge is 2.42. The Hall–Kier alpha value is -4.13. The van der Waals surface area contributed by atoms with E-state index in [2.05, 4.69) is 5.32 Å². The minimum absolute atomic E-state index is 0.151. The van der Waals surface area contributed by atoms with E-state index in [0.717, 1.165) is 0 Å². The first kappa shape index (κ1) is 21.1. The van der Waals surface area contributed by atoms with Crippen molar-refractivity contribution in [1.29, 1.82) is 0 Å². The summed E-state index contributed by atoms with van der Waals surface area (Å²) in [6, 6.07) is 6.39. The molecular formula is C25H23N3O4. The van der Waals surface area contributed by atoms with Crippen LogP contribution in [0.15, 0.2) is 95.7 Å². The maximum absolute atomic E-state index is 12.7. The van der Waals surface area contributed by atoms with Crippen LogP contribution in [0.5, 0.6) is 0 Å². The Morgan fingerprint density at radius 1 is 0.812 bits per heavy atom. The fourth-order valence-electron chi connectivity index (χ4n) is 3.73. The van der Waals surface area contributed by atoms with Crippen molar-refractivity contribution in [2.24, 2.45) is 0 Å². The van der Waals surface area contributed by atoms with Gasteiger partial charge in [-0.2, -0.15) is 0 Å². The molecule has 1 fully saturated rings. The summed E-state index contributed by atoms with van der Waals surface area (Å²) in [7, 11) is 0. The first-order chi connectivity index (χ1) is 15.2. The van der Waals surface area contributed by atoms with E-state index in [4.69, 9.17) is 0 Å². The van der Waals surface area contributed by atoms with Crippen LogP contribution in [0.4, 0.5) is 5.69 Å². The fourth-order valence-corrected chi connectivity index (χ4v) is 3.73. The van der Waals surface area contributed by atoms with Gasteiger partial charge in [-0.25, -0.2) is 9.80 Å². The molecule has 4 rings (SSSR count). The first-order valence-electron chi connectivity index (χ1n) is 10.2. The smallest absolute Gasteiger partial charge is 0.335 e. The Morgan fingerprint density at radius 2 is 1.31 bits per heavy atom. The highest BCUT2D eigenvalue weighted by molar-refractivity contribution is 6.09. The van der Waals surface area contributed by atoms with Gasteiger partial charge in [0.1, 0.15) is 11.6 Å². The first-order valence-corrected chi connectivity index (χ1v) is 10.2. The summed E-state index contributed by atoms with van der Waals surface area (Å²) in [5.41, 5.74) is 1.20. The van der Waals surface area contributed by atoms with Crippen LogP contribution in [0.25, 0.3) is 0 Å². The zero-order chi connectivity index (χ0) is 23.0. The van der Waals surface area contributed by atoms with Crippen molar-refractivity contribution in [3.8, 4) is 0 Å². The van der Waals surface area contributed by atoms with Crippen LogP contribution < -0.4 is 10.3 Å². The summed E-state index contributed by atoms with van der Waals surface area (Å²) in [6.07, 6.45) is 13.4. The fraction of sp³-hybridized carbons (Fsp3) is 0.160. The number of anilines is 1. The van der Waals surface area contributed by atoms with Crippen molar-refractivity contribution in [2.45, 2.75) is 26.3 Å². The molecule has 1 saturated heterocycles. The van der Waals surface area contributed by atoms with Crippen LogP contribution in [0.3, 0.4) is 0 Å².